The van der Waals surface area contributed by atoms with Crippen LogP contribution in [0.3, 0.4) is 0 Å². The second-order valence-electron chi connectivity index (χ2n) is 2.13. The fraction of sp³-hybridized carbons (Fsp3) is 1.00. The second kappa shape index (κ2) is 3.02. The first-order valence-corrected chi connectivity index (χ1v) is 3.36. The maximum atomic E-state index is 12.6. The third-order valence-corrected chi connectivity index (χ3v) is 2.12. The van der Waals surface area contributed by atoms with E-state index in [9.17, 15) is 8.78 Å². The number of hydrogen-bond donors (Lipinski definition) is 0. The molecule has 0 bridgehead atoms. The summed E-state index contributed by atoms with van der Waals surface area (Å²) in [4.78, 5) is 0. The minimum absolute atomic E-state index is 0.619. The van der Waals surface area contributed by atoms with E-state index in [4.69, 9.17) is 23.2 Å². The van der Waals surface area contributed by atoms with Gasteiger partial charge in [0.1, 0.15) is 0 Å². The Morgan fingerprint density at radius 2 is 1.78 bits per heavy atom. The van der Waals surface area contributed by atoms with Crippen LogP contribution in [-0.2, 0) is 0 Å². The summed E-state index contributed by atoms with van der Waals surface area (Å²) in [6.07, 6.45) is 0. The molecule has 56 valence electrons. The predicted molar refractivity (Wildman–Crippen MR) is 35.3 cm³/mol. The third kappa shape index (κ3) is 2.26. The van der Waals surface area contributed by atoms with Gasteiger partial charge in [0.05, 0.1) is 0 Å². The Labute approximate surface area is 63.1 Å². The second-order valence-corrected chi connectivity index (χ2v) is 3.09. The lowest BCUT2D eigenvalue weighted by atomic mass is 10.1. The summed E-state index contributed by atoms with van der Waals surface area (Å²) in [6, 6.07) is 0. The molecule has 2 unspecified atom stereocenters. The fourth-order valence-electron chi connectivity index (χ4n) is 0.252. The Hall–Kier alpha value is 0.440. The zero-order chi connectivity index (χ0) is 7.65. The van der Waals surface area contributed by atoms with Gasteiger partial charge in [0, 0.05) is 5.92 Å². The Balaban J connectivity index is 4.01. The Bertz CT molecular complexity index is 81.0. The molecule has 9 heavy (non-hydrogen) atoms. The molecule has 0 rings (SSSR count). The monoisotopic (exact) mass is 176 g/mol. The summed E-state index contributed by atoms with van der Waals surface area (Å²) >= 11 is 9.82. The maximum Gasteiger partial charge on any atom is 0.230 e. The van der Waals surface area contributed by atoms with E-state index in [0.29, 0.717) is 0 Å². The molecule has 0 fully saturated rings. The van der Waals surface area contributed by atoms with Crippen molar-refractivity contribution in [3.63, 3.8) is 0 Å². The van der Waals surface area contributed by atoms with Crippen LogP contribution in [0.2, 0.25) is 0 Å². The summed E-state index contributed by atoms with van der Waals surface area (Å²) in [5.41, 5.74) is -2.14. The van der Waals surface area contributed by atoms with Crippen molar-refractivity contribution >= 4 is 23.2 Å². The first kappa shape index (κ1) is 9.44. The van der Waals surface area contributed by atoms with Crippen molar-refractivity contribution < 1.29 is 8.78 Å². The standard InChI is InChI=1S/C5H8Cl2F2/c1-3(2)5(7,9)4(6)8/h3-4H,1-2H3. The van der Waals surface area contributed by atoms with Crippen LogP contribution in [-0.4, -0.2) is 10.8 Å². The SMILES string of the molecule is CC(C)C(F)(Cl)C(F)Cl. The average molecular weight is 177 g/mol. The van der Waals surface area contributed by atoms with Gasteiger partial charge in [-0.05, 0) is 0 Å². The van der Waals surface area contributed by atoms with Crippen molar-refractivity contribution in [1.29, 1.82) is 0 Å². The van der Waals surface area contributed by atoms with Crippen molar-refractivity contribution in [3.05, 3.63) is 0 Å². The van der Waals surface area contributed by atoms with Gasteiger partial charge in [-0.2, -0.15) is 0 Å². The zero-order valence-corrected chi connectivity index (χ0v) is 6.68. The highest BCUT2D eigenvalue weighted by Crippen LogP contribution is 2.34. The van der Waals surface area contributed by atoms with Crippen LogP contribution in [0.25, 0.3) is 0 Å². The van der Waals surface area contributed by atoms with Crippen LogP contribution >= 0.6 is 23.2 Å². The average Bonchev–Trinajstić information content (AvgIpc) is 1.65. The van der Waals surface area contributed by atoms with E-state index in [1.54, 1.807) is 0 Å². The molecule has 0 aromatic heterocycles. The van der Waals surface area contributed by atoms with Gasteiger partial charge in [-0.1, -0.05) is 37.0 Å². The van der Waals surface area contributed by atoms with Gasteiger partial charge in [0.15, 0.2) is 0 Å². The molecular formula is C5H8Cl2F2. The van der Waals surface area contributed by atoms with Gasteiger partial charge < -0.3 is 0 Å². The van der Waals surface area contributed by atoms with Gasteiger partial charge in [0.2, 0.25) is 10.8 Å². The lowest BCUT2D eigenvalue weighted by Crippen LogP contribution is -2.30. The van der Waals surface area contributed by atoms with Crippen molar-refractivity contribution in [1.82, 2.24) is 0 Å². The van der Waals surface area contributed by atoms with E-state index >= 15 is 0 Å². The van der Waals surface area contributed by atoms with E-state index in [0.717, 1.165) is 0 Å². The highest BCUT2D eigenvalue weighted by molar-refractivity contribution is 6.31. The topological polar surface area (TPSA) is 0 Å². The number of halogens is 4. The lowest BCUT2D eigenvalue weighted by Gasteiger charge is -2.21. The molecule has 0 saturated heterocycles. The summed E-state index contributed by atoms with van der Waals surface area (Å²) in [5, 5.41) is -2.43. The van der Waals surface area contributed by atoms with Gasteiger partial charge in [-0.15, -0.1) is 0 Å². The number of alkyl halides is 4. The molecule has 4 heteroatoms. The van der Waals surface area contributed by atoms with Crippen LogP contribution in [0.5, 0.6) is 0 Å². The summed E-state index contributed by atoms with van der Waals surface area (Å²) in [7, 11) is 0. The molecule has 0 N–H and O–H groups in total. The van der Waals surface area contributed by atoms with Crippen LogP contribution in [0.1, 0.15) is 13.8 Å². The van der Waals surface area contributed by atoms with Crippen LogP contribution in [0, 0.1) is 5.92 Å². The first-order chi connectivity index (χ1) is 3.89. The Kier molecular flexibility index (Phi) is 3.17. The molecule has 2 atom stereocenters. The van der Waals surface area contributed by atoms with Crippen molar-refractivity contribution in [2.24, 2.45) is 5.92 Å². The minimum Gasteiger partial charge on any atom is -0.225 e. The largest absolute Gasteiger partial charge is 0.230 e. The molecule has 0 aliphatic carbocycles. The van der Waals surface area contributed by atoms with Gasteiger partial charge in [-0.3, -0.25) is 0 Å². The molecule has 0 aromatic rings. The van der Waals surface area contributed by atoms with Crippen molar-refractivity contribution in [2.45, 2.75) is 24.6 Å². The summed E-state index contributed by atoms with van der Waals surface area (Å²) in [6.45, 7) is 2.92. The van der Waals surface area contributed by atoms with Gasteiger partial charge in [-0.25, -0.2) is 8.78 Å². The van der Waals surface area contributed by atoms with Crippen LogP contribution in [0.4, 0.5) is 8.78 Å². The smallest absolute Gasteiger partial charge is 0.225 e. The maximum absolute atomic E-state index is 12.6. The van der Waals surface area contributed by atoms with Crippen molar-refractivity contribution in [3.8, 4) is 0 Å². The molecule has 0 spiro atoms. The van der Waals surface area contributed by atoms with E-state index < -0.39 is 16.7 Å². The van der Waals surface area contributed by atoms with Crippen molar-refractivity contribution in [2.75, 3.05) is 0 Å². The van der Waals surface area contributed by atoms with E-state index in [1.807, 2.05) is 0 Å². The molecule has 0 amide bonds. The first-order valence-electron chi connectivity index (χ1n) is 2.55. The summed E-state index contributed by atoms with van der Waals surface area (Å²) in [5.74, 6) is -0.619. The van der Waals surface area contributed by atoms with Gasteiger partial charge >= 0.3 is 0 Å². The fourth-order valence-corrected chi connectivity index (χ4v) is 0.504. The lowest BCUT2D eigenvalue weighted by molar-refractivity contribution is 0.133. The predicted octanol–water partition coefficient (Wildman–Crippen LogP) is 3.08. The molecule has 0 heterocycles. The van der Waals surface area contributed by atoms with E-state index in [-0.39, 0.29) is 0 Å². The third-order valence-electron chi connectivity index (χ3n) is 1.06. The number of rotatable bonds is 2. The van der Waals surface area contributed by atoms with Gasteiger partial charge in [0.25, 0.3) is 0 Å². The Morgan fingerprint density at radius 1 is 1.44 bits per heavy atom. The van der Waals surface area contributed by atoms with Crippen LogP contribution in [0.15, 0.2) is 0 Å². The zero-order valence-electron chi connectivity index (χ0n) is 5.17. The highest BCUT2D eigenvalue weighted by atomic mass is 35.5. The highest BCUT2D eigenvalue weighted by Gasteiger charge is 2.39. The molecule has 0 nitrogen and oxygen atoms in total. The number of hydrogen-bond acceptors (Lipinski definition) is 0. The molecule has 0 aliphatic rings. The summed E-state index contributed by atoms with van der Waals surface area (Å²) < 4.78 is 24.6. The molecular weight excluding hydrogens is 169 g/mol. The molecule has 0 saturated carbocycles. The molecule has 0 radical (unpaired) electrons. The quantitative estimate of drug-likeness (QED) is 0.568. The minimum atomic E-state index is -2.43. The molecule has 0 aromatic carbocycles. The molecule has 0 aliphatic heterocycles. The normalized spacial score (nSPS) is 21.7. The van der Waals surface area contributed by atoms with E-state index in [1.165, 1.54) is 13.8 Å². The van der Waals surface area contributed by atoms with E-state index in [2.05, 4.69) is 0 Å². The Morgan fingerprint density at radius 3 is 1.78 bits per heavy atom. The van der Waals surface area contributed by atoms with Crippen LogP contribution < -0.4 is 0 Å².